The number of amides is 1. The first-order valence-electron chi connectivity index (χ1n) is 4.70. The molecular weight excluding hydrogens is 276 g/mol. The van der Waals surface area contributed by atoms with E-state index >= 15 is 0 Å². The minimum absolute atomic E-state index is 0.321. The Hall–Kier alpha value is -1.43. The van der Waals surface area contributed by atoms with Gasteiger partial charge in [0.1, 0.15) is 10.6 Å². The van der Waals surface area contributed by atoms with Gasteiger partial charge >= 0.3 is 5.97 Å². The molecule has 0 aliphatic rings. The maximum atomic E-state index is 11.7. The molecule has 6 heteroatoms. The molecule has 0 fully saturated rings. The SMILES string of the molecule is CC[C@@H](NC(=O)c1cccnc1Br)C(=O)O. The molecular formula is C10H11BrN2O3. The summed E-state index contributed by atoms with van der Waals surface area (Å²) in [5, 5.41) is 11.2. The van der Waals surface area contributed by atoms with E-state index in [4.69, 9.17) is 5.11 Å². The van der Waals surface area contributed by atoms with Gasteiger partial charge in [0.05, 0.1) is 5.56 Å². The quantitative estimate of drug-likeness (QED) is 0.821. The standard InChI is InChI=1S/C10H11BrN2O3/c1-2-7(10(15)16)13-9(14)6-4-3-5-12-8(6)11/h3-5,7H,2H2,1H3,(H,13,14)(H,15,16)/t7-/m1/s1. The van der Waals surface area contributed by atoms with Crippen LogP contribution in [0.2, 0.25) is 0 Å². The zero-order valence-electron chi connectivity index (χ0n) is 8.61. The van der Waals surface area contributed by atoms with Crippen LogP contribution in [0.15, 0.2) is 22.9 Å². The van der Waals surface area contributed by atoms with Gasteiger partial charge in [0.15, 0.2) is 0 Å². The van der Waals surface area contributed by atoms with E-state index in [2.05, 4.69) is 26.2 Å². The lowest BCUT2D eigenvalue weighted by Crippen LogP contribution is -2.40. The number of carboxylic acid groups (broad SMARTS) is 1. The summed E-state index contributed by atoms with van der Waals surface area (Å²) in [4.78, 5) is 26.3. The highest BCUT2D eigenvalue weighted by Crippen LogP contribution is 2.12. The number of hydrogen-bond acceptors (Lipinski definition) is 3. The third-order valence-corrected chi connectivity index (χ3v) is 2.65. The fourth-order valence-corrected chi connectivity index (χ4v) is 1.56. The third kappa shape index (κ3) is 3.03. The Bertz CT molecular complexity index is 409. The van der Waals surface area contributed by atoms with E-state index in [0.717, 1.165) is 0 Å². The summed E-state index contributed by atoms with van der Waals surface area (Å²) in [6.07, 6.45) is 1.87. The minimum Gasteiger partial charge on any atom is -0.480 e. The number of carbonyl (C=O) groups is 2. The summed E-state index contributed by atoms with van der Waals surface area (Å²) in [7, 11) is 0. The van der Waals surface area contributed by atoms with Crippen LogP contribution in [0.25, 0.3) is 0 Å². The molecule has 0 bridgehead atoms. The average molecular weight is 287 g/mol. The van der Waals surface area contributed by atoms with Gasteiger partial charge in [-0.15, -0.1) is 0 Å². The van der Waals surface area contributed by atoms with Crippen molar-refractivity contribution in [1.82, 2.24) is 10.3 Å². The van der Waals surface area contributed by atoms with Gasteiger partial charge in [-0.3, -0.25) is 4.79 Å². The van der Waals surface area contributed by atoms with Crippen molar-refractivity contribution in [1.29, 1.82) is 0 Å². The van der Waals surface area contributed by atoms with Crippen molar-refractivity contribution in [2.24, 2.45) is 0 Å². The topological polar surface area (TPSA) is 79.3 Å². The van der Waals surface area contributed by atoms with Crippen LogP contribution in [0.3, 0.4) is 0 Å². The molecule has 0 radical (unpaired) electrons. The molecule has 1 aromatic rings. The molecule has 0 aromatic carbocycles. The summed E-state index contributed by atoms with van der Waals surface area (Å²) in [6.45, 7) is 1.69. The van der Waals surface area contributed by atoms with Gasteiger partial charge in [0.2, 0.25) is 0 Å². The Morgan fingerprint density at radius 2 is 2.31 bits per heavy atom. The molecule has 0 spiro atoms. The van der Waals surface area contributed by atoms with Gasteiger partial charge in [0.25, 0.3) is 5.91 Å². The number of halogens is 1. The lowest BCUT2D eigenvalue weighted by molar-refractivity contribution is -0.139. The van der Waals surface area contributed by atoms with Crippen LogP contribution in [0.4, 0.5) is 0 Å². The van der Waals surface area contributed by atoms with Crippen molar-refractivity contribution in [2.75, 3.05) is 0 Å². The maximum absolute atomic E-state index is 11.7. The van der Waals surface area contributed by atoms with E-state index in [1.807, 2.05) is 0 Å². The second-order valence-corrected chi connectivity index (χ2v) is 3.87. The van der Waals surface area contributed by atoms with Crippen LogP contribution in [0.1, 0.15) is 23.7 Å². The molecule has 0 unspecified atom stereocenters. The molecule has 2 N–H and O–H groups in total. The van der Waals surface area contributed by atoms with E-state index in [-0.39, 0.29) is 0 Å². The monoisotopic (exact) mass is 286 g/mol. The average Bonchev–Trinajstić information content (AvgIpc) is 2.25. The fourth-order valence-electron chi connectivity index (χ4n) is 1.13. The summed E-state index contributed by atoms with van der Waals surface area (Å²) in [5.41, 5.74) is 0.321. The van der Waals surface area contributed by atoms with Crippen LogP contribution < -0.4 is 5.32 Å². The van der Waals surface area contributed by atoms with Gasteiger partial charge in [-0.2, -0.15) is 0 Å². The van der Waals surface area contributed by atoms with Crippen LogP contribution in [0, 0.1) is 0 Å². The molecule has 0 saturated heterocycles. The molecule has 1 aromatic heterocycles. The summed E-state index contributed by atoms with van der Waals surface area (Å²) >= 11 is 3.13. The largest absolute Gasteiger partial charge is 0.480 e. The van der Waals surface area contributed by atoms with Gasteiger partial charge < -0.3 is 10.4 Å². The first-order valence-corrected chi connectivity index (χ1v) is 5.49. The van der Waals surface area contributed by atoms with E-state index in [9.17, 15) is 9.59 Å². The van der Waals surface area contributed by atoms with Gasteiger partial charge in [-0.1, -0.05) is 6.92 Å². The normalized spacial score (nSPS) is 11.9. The van der Waals surface area contributed by atoms with Crippen molar-refractivity contribution in [3.63, 3.8) is 0 Å². The van der Waals surface area contributed by atoms with E-state index in [1.165, 1.54) is 6.20 Å². The molecule has 0 aliphatic heterocycles. The number of rotatable bonds is 4. The fraction of sp³-hybridized carbons (Fsp3) is 0.300. The van der Waals surface area contributed by atoms with Gasteiger partial charge in [0, 0.05) is 6.20 Å². The van der Waals surface area contributed by atoms with Crippen molar-refractivity contribution in [2.45, 2.75) is 19.4 Å². The van der Waals surface area contributed by atoms with Crippen molar-refractivity contribution in [3.8, 4) is 0 Å². The Morgan fingerprint density at radius 3 is 2.81 bits per heavy atom. The maximum Gasteiger partial charge on any atom is 0.326 e. The zero-order chi connectivity index (χ0) is 12.1. The lowest BCUT2D eigenvalue weighted by atomic mass is 10.2. The number of hydrogen-bond donors (Lipinski definition) is 2. The number of aliphatic carboxylic acids is 1. The number of aromatic nitrogens is 1. The van der Waals surface area contributed by atoms with Gasteiger partial charge in [-0.05, 0) is 34.5 Å². The number of carboxylic acids is 1. The molecule has 5 nitrogen and oxygen atoms in total. The highest BCUT2D eigenvalue weighted by Gasteiger charge is 2.19. The Labute approximate surface area is 101 Å². The predicted molar refractivity (Wildman–Crippen MR) is 61.1 cm³/mol. The summed E-state index contributed by atoms with van der Waals surface area (Å²) in [6, 6.07) is 2.31. The van der Waals surface area contributed by atoms with Crippen LogP contribution in [0.5, 0.6) is 0 Å². The van der Waals surface area contributed by atoms with Crippen molar-refractivity contribution >= 4 is 27.8 Å². The highest BCUT2D eigenvalue weighted by molar-refractivity contribution is 9.10. The Kier molecular flexibility index (Phi) is 4.42. The zero-order valence-corrected chi connectivity index (χ0v) is 10.2. The van der Waals surface area contributed by atoms with Crippen LogP contribution in [-0.2, 0) is 4.79 Å². The summed E-state index contributed by atoms with van der Waals surface area (Å²) < 4.78 is 0.396. The molecule has 1 rings (SSSR count). The first-order chi connectivity index (χ1) is 7.56. The minimum atomic E-state index is -1.05. The first kappa shape index (κ1) is 12.6. The molecule has 1 heterocycles. The van der Waals surface area contributed by atoms with Crippen LogP contribution >= 0.6 is 15.9 Å². The molecule has 0 aliphatic carbocycles. The number of nitrogens with one attached hydrogen (secondary N) is 1. The predicted octanol–water partition coefficient (Wildman–Crippen LogP) is 1.44. The summed E-state index contributed by atoms with van der Waals surface area (Å²) in [5.74, 6) is -1.50. The second kappa shape index (κ2) is 5.60. The Morgan fingerprint density at radius 1 is 1.62 bits per heavy atom. The smallest absolute Gasteiger partial charge is 0.326 e. The van der Waals surface area contributed by atoms with E-state index < -0.39 is 17.9 Å². The highest BCUT2D eigenvalue weighted by atomic mass is 79.9. The molecule has 1 amide bonds. The lowest BCUT2D eigenvalue weighted by Gasteiger charge is -2.12. The third-order valence-electron chi connectivity index (χ3n) is 2.02. The molecule has 86 valence electrons. The van der Waals surface area contributed by atoms with E-state index in [1.54, 1.807) is 19.1 Å². The van der Waals surface area contributed by atoms with E-state index in [0.29, 0.717) is 16.6 Å². The van der Waals surface area contributed by atoms with Gasteiger partial charge in [-0.25, -0.2) is 9.78 Å². The van der Waals surface area contributed by atoms with Crippen molar-refractivity contribution < 1.29 is 14.7 Å². The second-order valence-electron chi connectivity index (χ2n) is 3.11. The number of nitrogens with zero attached hydrogens (tertiary/aromatic N) is 1. The molecule has 16 heavy (non-hydrogen) atoms. The van der Waals surface area contributed by atoms with Crippen LogP contribution in [-0.4, -0.2) is 28.0 Å². The molecule has 1 atom stereocenters. The Balaban J connectivity index is 2.80. The van der Waals surface area contributed by atoms with Crippen molar-refractivity contribution in [3.05, 3.63) is 28.5 Å². The number of pyridine rings is 1. The molecule has 0 saturated carbocycles. The number of carbonyl (C=O) groups excluding carboxylic acids is 1.